The molecule has 1 aliphatic heterocycles. The van der Waals surface area contributed by atoms with Crippen molar-refractivity contribution in [2.45, 2.75) is 69.6 Å². The quantitative estimate of drug-likeness (QED) is 0.686. The van der Waals surface area contributed by atoms with Crippen LogP contribution < -0.4 is 0 Å². The Balaban J connectivity index is 1.72. The van der Waals surface area contributed by atoms with Crippen molar-refractivity contribution >= 4 is 5.91 Å². The van der Waals surface area contributed by atoms with Gasteiger partial charge in [-0.2, -0.15) is 0 Å². The maximum Gasteiger partial charge on any atom is 0.288 e. The highest BCUT2D eigenvalue weighted by molar-refractivity contribution is 5.91. The number of hydrogen-bond acceptors (Lipinski definition) is 4. The van der Waals surface area contributed by atoms with Gasteiger partial charge in [-0.15, -0.1) is 0 Å². The molecule has 0 spiro atoms. The molecule has 0 bridgehead atoms. The number of aliphatic hydroxyl groups excluding tert-OH is 1. The Labute approximate surface area is 168 Å². The topological polar surface area (TPSA) is 59.0 Å². The standard InChI is InChI=1S/C23H33NO4/c1-24(20-12-6-3-7-13-20)23(26)21-16-19(18-10-4-2-5-11-18)17-22(28-21)27-15-9-8-14-25/h2,4-5,10-11,16,19-20,22,25H,3,6-9,12-15,17H2,1H3. The first-order valence-electron chi connectivity index (χ1n) is 10.6. The number of benzene rings is 1. The van der Waals surface area contributed by atoms with Crippen molar-refractivity contribution < 1.29 is 19.4 Å². The molecule has 1 fully saturated rings. The molecule has 5 heteroatoms. The Morgan fingerprint density at radius 2 is 1.93 bits per heavy atom. The van der Waals surface area contributed by atoms with E-state index < -0.39 is 6.29 Å². The molecule has 1 heterocycles. The molecule has 0 aromatic heterocycles. The smallest absolute Gasteiger partial charge is 0.288 e. The molecule has 5 nitrogen and oxygen atoms in total. The third-order valence-electron chi connectivity index (χ3n) is 5.79. The Morgan fingerprint density at radius 3 is 2.64 bits per heavy atom. The van der Waals surface area contributed by atoms with Gasteiger partial charge >= 0.3 is 0 Å². The largest absolute Gasteiger partial charge is 0.459 e. The zero-order chi connectivity index (χ0) is 19.8. The molecule has 1 saturated carbocycles. The molecule has 1 aromatic carbocycles. The first kappa shape index (κ1) is 20.9. The predicted octanol–water partition coefficient (Wildman–Crippen LogP) is 3.98. The number of hydrogen-bond donors (Lipinski definition) is 1. The molecule has 0 saturated heterocycles. The van der Waals surface area contributed by atoms with Crippen LogP contribution in [0.5, 0.6) is 0 Å². The molecule has 1 N–H and O–H groups in total. The molecular weight excluding hydrogens is 354 g/mol. The van der Waals surface area contributed by atoms with E-state index >= 15 is 0 Å². The van der Waals surface area contributed by atoms with Crippen LogP contribution in [-0.4, -0.2) is 48.5 Å². The van der Waals surface area contributed by atoms with Gasteiger partial charge in [0.2, 0.25) is 6.29 Å². The van der Waals surface area contributed by atoms with Crippen LogP contribution in [0.3, 0.4) is 0 Å². The van der Waals surface area contributed by atoms with Gasteiger partial charge in [-0.05, 0) is 37.3 Å². The molecule has 2 unspecified atom stereocenters. The number of unbranched alkanes of at least 4 members (excludes halogenated alkanes) is 1. The van der Waals surface area contributed by atoms with Gasteiger partial charge in [0.15, 0.2) is 5.76 Å². The summed E-state index contributed by atoms with van der Waals surface area (Å²) in [5.74, 6) is 0.452. The van der Waals surface area contributed by atoms with Gasteiger partial charge in [0, 0.05) is 32.0 Å². The van der Waals surface area contributed by atoms with Gasteiger partial charge in [0.1, 0.15) is 0 Å². The number of allylic oxidation sites excluding steroid dienone is 1. The SMILES string of the molecule is CN(C(=O)C1=CC(c2ccccc2)CC(OCCCCO)O1)C1CCCCC1. The van der Waals surface area contributed by atoms with E-state index in [1.165, 1.54) is 24.8 Å². The summed E-state index contributed by atoms with van der Waals surface area (Å²) in [7, 11) is 1.89. The zero-order valence-corrected chi connectivity index (χ0v) is 16.9. The normalized spacial score (nSPS) is 23.0. The lowest BCUT2D eigenvalue weighted by atomic mass is 9.92. The molecule has 3 rings (SSSR count). The Kier molecular flexibility index (Phi) is 7.92. The van der Waals surface area contributed by atoms with Gasteiger partial charge in [-0.3, -0.25) is 4.79 Å². The van der Waals surface area contributed by atoms with E-state index in [0.717, 1.165) is 19.3 Å². The average molecular weight is 388 g/mol. The van der Waals surface area contributed by atoms with Crippen LogP contribution in [0, 0.1) is 0 Å². The summed E-state index contributed by atoms with van der Waals surface area (Å²) >= 11 is 0. The lowest BCUT2D eigenvalue weighted by Gasteiger charge is -2.34. The van der Waals surface area contributed by atoms with Crippen molar-refractivity contribution in [2.24, 2.45) is 0 Å². The van der Waals surface area contributed by atoms with Crippen molar-refractivity contribution in [3.63, 3.8) is 0 Å². The van der Waals surface area contributed by atoms with Crippen LogP contribution in [0.15, 0.2) is 42.2 Å². The fourth-order valence-electron chi connectivity index (χ4n) is 4.08. The second-order valence-corrected chi connectivity index (χ2v) is 7.84. The van der Waals surface area contributed by atoms with Crippen molar-refractivity contribution in [1.82, 2.24) is 4.90 Å². The molecular formula is C23H33NO4. The Bertz CT molecular complexity index is 639. The zero-order valence-electron chi connectivity index (χ0n) is 16.9. The van der Waals surface area contributed by atoms with Crippen molar-refractivity contribution in [1.29, 1.82) is 0 Å². The van der Waals surface area contributed by atoms with E-state index in [2.05, 4.69) is 12.1 Å². The number of ether oxygens (including phenoxy) is 2. The summed E-state index contributed by atoms with van der Waals surface area (Å²) in [6.45, 7) is 0.685. The summed E-state index contributed by atoms with van der Waals surface area (Å²) in [5.41, 5.74) is 1.17. The molecule has 28 heavy (non-hydrogen) atoms. The Hall–Kier alpha value is -1.85. The van der Waals surface area contributed by atoms with Gasteiger partial charge in [-0.25, -0.2) is 0 Å². The summed E-state index contributed by atoms with van der Waals surface area (Å²) < 4.78 is 11.9. The van der Waals surface area contributed by atoms with Crippen LogP contribution in [0.25, 0.3) is 0 Å². The highest BCUT2D eigenvalue weighted by atomic mass is 16.7. The lowest BCUT2D eigenvalue weighted by Crippen LogP contribution is -2.41. The van der Waals surface area contributed by atoms with Gasteiger partial charge in [0.25, 0.3) is 5.91 Å². The van der Waals surface area contributed by atoms with Crippen molar-refractivity contribution in [3.05, 3.63) is 47.7 Å². The maximum atomic E-state index is 13.1. The van der Waals surface area contributed by atoms with Crippen LogP contribution in [0.2, 0.25) is 0 Å². The molecule has 1 amide bonds. The minimum absolute atomic E-state index is 0.0449. The second kappa shape index (κ2) is 10.6. The van der Waals surface area contributed by atoms with E-state index in [9.17, 15) is 4.79 Å². The van der Waals surface area contributed by atoms with Crippen molar-refractivity contribution in [2.75, 3.05) is 20.3 Å². The lowest BCUT2D eigenvalue weighted by molar-refractivity contribution is -0.153. The number of rotatable bonds is 8. The molecule has 0 radical (unpaired) electrons. The van der Waals surface area contributed by atoms with Gasteiger partial charge in [0.05, 0.1) is 6.61 Å². The van der Waals surface area contributed by atoms with E-state index in [0.29, 0.717) is 31.2 Å². The number of carbonyl (C=O) groups is 1. The first-order chi connectivity index (χ1) is 13.7. The first-order valence-corrected chi connectivity index (χ1v) is 10.6. The number of aliphatic hydroxyl groups is 1. The van der Waals surface area contributed by atoms with E-state index in [4.69, 9.17) is 14.6 Å². The van der Waals surface area contributed by atoms with Crippen LogP contribution >= 0.6 is 0 Å². The highest BCUT2D eigenvalue weighted by Gasteiger charge is 2.32. The number of amides is 1. The monoisotopic (exact) mass is 387 g/mol. The van der Waals surface area contributed by atoms with Crippen LogP contribution in [0.1, 0.15) is 62.8 Å². The third-order valence-corrected chi connectivity index (χ3v) is 5.79. The van der Waals surface area contributed by atoms with Crippen LogP contribution in [-0.2, 0) is 14.3 Å². The van der Waals surface area contributed by atoms with E-state index in [1.807, 2.05) is 36.2 Å². The second-order valence-electron chi connectivity index (χ2n) is 7.84. The average Bonchev–Trinajstić information content (AvgIpc) is 2.76. The van der Waals surface area contributed by atoms with Crippen LogP contribution in [0.4, 0.5) is 0 Å². The summed E-state index contributed by atoms with van der Waals surface area (Å²) in [6.07, 6.45) is 9.47. The minimum atomic E-state index is -0.437. The van der Waals surface area contributed by atoms with E-state index in [1.54, 1.807) is 0 Å². The summed E-state index contributed by atoms with van der Waals surface area (Å²) in [5, 5.41) is 8.95. The molecule has 2 atom stereocenters. The Morgan fingerprint density at radius 1 is 1.18 bits per heavy atom. The highest BCUT2D eigenvalue weighted by Crippen LogP contribution is 2.33. The van der Waals surface area contributed by atoms with E-state index in [-0.39, 0.29) is 18.4 Å². The fourth-order valence-corrected chi connectivity index (χ4v) is 4.08. The summed E-state index contributed by atoms with van der Waals surface area (Å²) in [4.78, 5) is 15.0. The minimum Gasteiger partial charge on any atom is -0.459 e. The molecule has 1 aromatic rings. The third kappa shape index (κ3) is 5.58. The maximum absolute atomic E-state index is 13.1. The predicted molar refractivity (Wildman–Crippen MR) is 109 cm³/mol. The molecule has 2 aliphatic rings. The summed E-state index contributed by atoms with van der Waals surface area (Å²) in [6, 6.07) is 10.5. The van der Waals surface area contributed by atoms with Gasteiger partial charge in [-0.1, -0.05) is 49.6 Å². The number of likely N-dealkylation sites (N-methyl/N-ethyl adjacent to an activating group) is 1. The number of carbonyl (C=O) groups excluding carboxylic acids is 1. The van der Waals surface area contributed by atoms with Gasteiger partial charge < -0.3 is 19.5 Å². The van der Waals surface area contributed by atoms with Crippen molar-refractivity contribution in [3.8, 4) is 0 Å². The molecule has 1 aliphatic carbocycles. The number of nitrogens with zero attached hydrogens (tertiary/aromatic N) is 1. The fraction of sp³-hybridized carbons (Fsp3) is 0.609. The molecule has 154 valence electrons.